The van der Waals surface area contributed by atoms with E-state index in [2.05, 4.69) is 4.98 Å². The molecule has 0 unspecified atom stereocenters. The van der Waals surface area contributed by atoms with Crippen LogP contribution in [0.3, 0.4) is 0 Å². The van der Waals surface area contributed by atoms with Gasteiger partial charge in [-0.25, -0.2) is 4.98 Å². The van der Waals surface area contributed by atoms with Gasteiger partial charge in [-0.05, 0) is 18.6 Å². The first kappa shape index (κ1) is 12.6. The van der Waals surface area contributed by atoms with Gasteiger partial charge in [0.25, 0.3) is 0 Å². The Balaban J connectivity index is 1.77. The average molecular weight is 284 g/mol. The molecule has 0 N–H and O–H groups in total. The van der Waals surface area contributed by atoms with Crippen molar-refractivity contribution >= 4 is 11.0 Å². The predicted molar refractivity (Wildman–Crippen MR) is 76.6 cm³/mol. The van der Waals surface area contributed by atoms with E-state index in [0.29, 0.717) is 25.5 Å². The lowest BCUT2D eigenvalue weighted by Crippen LogP contribution is -2.41. The number of ether oxygens (including phenoxy) is 2. The summed E-state index contributed by atoms with van der Waals surface area (Å²) in [6.07, 6.45) is 6.29. The van der Waals surface area contributed by atoms with E-state index in [4.69, 9.17) is 13.9 Å². The van der Waals surface area contributed by atoms with Crippen molar-refractivity contribution in [3.63, 3.8) is 0 Å². The van der Waals surface area contributed by atoms with E-state index in [1.807, 2.05) is 41.1 Å². The normalized spacial score (nSPS) is 18.1. The van der Waals surface area contributed by atoms with E-state index < -0.39 is 5.79 Å². The molecular weight excluding hydrogens is 268 g/mol. The van der Waals surface area contributed by atoms with Crippen LogP contribution in [-0.2, 0) is 21.8 Å². The molecule has 5 nitrogen and oxygen atoms in total. The van der Waals surface area contributed by atoms with Crippen LogP contribution in [0, 0.1) is 0 Å². The van der Waals surface area contributed by atoms with Gasteiger partial charge in [0.15, 0.2) is 5.76 Å². The molecule has 1 aliphatic heterocycles. The monoisotopic (exact) mass is 284 g/mol. The maximum absolute atomic E-state index is 5.99. The van der Waals surface area contributed by atoms with Crippen LogP contribution >= 0.6 is 0 Å². The fourth-order valence-electron chi connectivity index (χ4n) is 2.68. The molecule has 108 valence electrons. The van der Waals surface area contributed by atoms with Gasteiger partial charge in [0.05, 0.1) is 26.1 Å². The van der Waals surface area contributed by atoms with Crippen LogP contribution in [0.4, 0.5) is 0 Å². The minimum Gasteiger partial charge on any atom is -0.455 e. The highest BCUT2D eigenvalue weighted by atomic mass is 16.7. The number of hydrogen-bond donors (Lipinski definition) is 0. The van der Waals surface area contributed by atoms with Crippen LogP contribution in [-0.4, -0.2) is 22.8 Å². The second kappa shape index (κ2) is 5.02. The third-order valence-corrected chi connectivity index (χ3v) is 3.71. The quantitative estimate of drug-likeness (QED) is 0.742. The number of rotatable bonds is 3. The molecule has 0 atom stereocenters. The van der Waals surface area contributed by atoms with Crippen molar-refractivity contribution in [1.29, 1.82) is 0 Å². The highest BCUT2D eigenvalue weighted by molar-refractivity contribution is 5.77. The Labute approximate surface area is 122 Å². The second-order valence-corrected chi connectivity index (χ2v) is 5.19. The van der Waals surface area contributed by atoms with Gasteiger partial charge >= 0.3 is 0 Å². The summed E-state index contributed by atoms with van der Waals surface area (Å²) in [6.45, 7) is 1.84. The van der Waals surface area contributed by atoms with Gasteiger partial charge in [0.2, 0.25) is 5.79 Å². The van der Waals surface area contributed by atoms with Crippen LogP contribution in [0.1, 0.15) is 12.2 Å². The van der Waals surface area contributed by atoms with E-state index in [0.717, 1.165) is 17.4 Å². The average Bonchev–Trinajstić information content (AvgIpc) is 3.17. The molecular formula is C16H16N2O3. The topological polar surface area (TPSA) is 49.4 Å². The minimum atomic E-state index is -0.877. The lowest BCUT2D eigenvalue weighted by molar-refractivity contribution is -0.291. The van der Waals surface area contributed by atoms with Crippen molar-refractivity contribution < 1.29 is 13.9 Å². The zero-order valence-electron chi connectivity index (χ0n) is 11.6. The Kier molecular flexibility index (Phi) is 3.02. The SMILES string of the molecule is c1ccc2oc(C3(Cn4ccnc4)OCCCO3)cc2c1. The number of aromatic nitrogens is 2. The molecule has 1 aliphatic rings. The van der Waals surface area contributed by atoms with Crippen LogP contribution < -0.4 is 0 Å². The lowest BCUT2D eigenvalue weighted by atomic mass is 10.1. The molecule has 2 aromatic heterocycles. The maximum atomic E-state index is 5.99. The highest BCUT2D eigenvalue weighted by Crippen LogP contribution is 2.36. The van der Waals surface area contributed by atoms with Crippen molar-refractivity contribution in [2.75, 3.05) is 13.2 Å². The summed E-state index contributed by atoms with van der Waals surface area (Å²) in [5.74, 6) is -0.171. The molecule has 0 radical (unpaired) electrons. The van der Waals surface area contributed by atoms with Gasteiger partial charge in [-0.2, -0.15) is 0 Å². The highest BCUT2D eigenvalue weighted by Gasteiger charge is 2.40. The first-order chi connectivity index (χ1) is 10.4. The Morgan fingerprint density at radius 3 is 2.81 bits per heavy atom. The molecule has 21 heavy (non-hydrogen) atoms. The molecule has 0 spiro atoms. The van der Waals surface area contributed by atoms with Crippen molar-refractivity contribution in [2.24, 2.45) is 0 Å². The molecule has 0 bridgehead atoms. The van der Waals surface area contributed by atoms with Crippen LogP contribution in [0.2, 0.25) is 0 Å². The number of furan rings is 1. The Morgan fingerprint density at radius 2 is 2.05 bits per heavy atom. The summed E-state index contributed by atoms with van der Waals surface area (Å²) < 4.78 is 19.9. The lowest BCUT2D eigenvalue weighted by Gasteiger charge is -2.35. The largest absolute Gasteiger partial charge is 0.455 e. The maximum Gasteiger partial charge on any atom is 0.247 e. The standard InChI is InChI=1S/C16H16N2O3/c1-2-5-14-13(4-1)10-15(21-14)16(19-8-3-9-20-16)11-18-7-6-17-12-18/h1-2,4-7,10,12H,3,8-9,11H2. The van der Waals surface area contributed by atoms with E-state index >= 15 is 0 Å². The second-order valence-electron chi connectivity index (χ2n) is 5.19. The van der Waals surface area contributed by atoms with Crippen molar-refractivity contribution in [3.05, 3.63) is 54.8 Å². The van der Waals surface area contributed by atoms with Crippen LogP contribution in [0.15, 0.2) is 53.5 Å². The van der Waals surface area contributed by atoms with E-state index in [-0.39, 0.29) is 0 Å². The predicted octanol–water partition coefficient (Wildman–Crippen LogP) is 2.92. The fourth-order valence-corrected chi connectivity index (χ4v) is 2.68. The molecule has 3 heterocycles. The van der Waals surface area contributed by atoms with Gasteiger partial charge in [0.1, 0.15) is 5.58 Å². The third-order valence-electron chi connectivity index (χ3n) is 3.71. The Bertz CT molecular complexity index is 694. The summed E-state index contributed by atoms with van der Waals surface area (Å²) in [5.41, 5.74) is 0.843. The molecule has 0 saturated carbocycles. The van der Waals surface area contributed by atoms with Gasteiger partial charge < -0.3 is 18.5 Å². The van der Waals surface area contributed by atoms with Gasteiger partial charge in [-0.3, -0.25) is 0 Å². The minimum absolute atomic E-state index is 0.521. The zero-order valence-corrected chi connectivity index (χ0v) is 11.6. The Hall–Kier alpha value is -2.11. The first-order valence-corrected chi connectivity index (χ1v) is 7.08. The number of fused-ring (bicyclic) bond motifs is 1. The number of imidazole rings is 1. The number of nitrogens with zero attached hydrogens (tertiary/aromatic N) is 2. The smallest absolute Gasteiger partial charge is 0.247 e. The molecule has 1 fully saturated rings. The van der Waals surface area contributed by atoms with E-state index in [1.165, 1.54) is 0 Å². The summed E-state index contributed by atoms with van der Waals surface area (Å²) in [7, 11) is 0. The van der Waals surface area contributed by atoms with E-state index in [9.17, 15) is 0 Å². The fraction of sp³-hybridized carbons (Fsp3) is 0.312. The van der Waals surface area contributed by atoms with Crippen molar-refractivity contribution in [2.45, 2.75) is 18.8 Å². The van der Waals surface area contributed by atoms with Crippen LogP contribution in [0.25, 0.3) is 11.0 Å². The molecule has 5 heteroatoms. The van der Waals surface area contributed by atoms with Crippen molar-refractivity contribution in [3.8, 4) is 0 Å². The van der Waals surface area contributed by atoms with Gasteiger partial charge in [0, 0.05) is 17.8 Å². The molecule has 0 aliphatic carbocycles. The van der Waals surface area contributed by atoms with E-state index in [1.54, 1.807) is 12.5 Å². The summed E-state index contributed by atoms with van der Waals surface area (Å²) >= 11 is 0. The Morgan fingerprint density at radius 1 is 1.19 bits per heavy atom. The van der Waals surface area contributed by atoms with Crippen molar-refractivity contribution in [1.82, 2.24) is 9.55 Å². The zero-order chi connectivity index (χ0) is 14.1. The summed E-state index contributed by atoms with van der Waals surface area (Å²) in [6, 6.07) is 9.92. The summed E-state index contributed by atoms with van der Waals surface area (Å²) in [5, 5.41) is 1.05. The molecule has 3 aromatic rings. The number of benzene rings is 1. The molecule has 1 saturated heterocycles. The van der Waals surface area contributed by atoms with Gasteiger partial charge in [-0.15, -0.1) is 0 Å². The third kappa shape index (κ3) is 2.24. The molecule has 4 rings (SSSR count). The molecule has 1 aromatic carbocycles. The van der Waals surface area contributed by atoms with Crippen LogP contribution in [0.5, 0.6) is 0 Å². The van der Waals surface area contributed by atoms with Gasteiger partial charge in [-0.1, -0.05) is 18.2 Å². The number of hydrogen-bond acceptors (Lipinski definition) is 4. The first-order valence-electron chi connectivity index (χ1n) is 7.08. The molecule has 0 amide bonds. The summed E-state index contributed by atoms with van der Waals surface area (Å²) in [4.78, 5) is 4.08. The number of para-hydroxylation sites is 1.